The summed E-state index contributed by atoms with van der Waals surface area (Å²) in [6.45, 7) is 6.00. The van der Waals surface area contributed by atoms with E-state index in [0.717, 1.165) is 25.9 Å². The number of amides is 1. The molecule has 18 heavy (non-hydrogen) atoms. The topological polar surface area (TPSA) is 46.3 Å². The molecular weight excluding hydrogens is 224 g/mol. The molecule has 0 bridgehead atoms. The molecular formula is C15H24N2O. The molecule has 0 aromatic heterocycles. The van der Waals surface area contributed by atoms with Crippen molar-refractivity contribution in [1.29, 1.82) is 0 Å². The average Bonchev–Trinajstić information content (AvgIpc) is 2.42. The smallest absolute Gasteiger partial charge is 0.226 e. The normalized spacial score (nSPS) is 12.2. The van der Waals surface area contributed by atoms with E-state index < -0.39 is 0 Å². The van der Waals surface area contributed by atoms with Gasteiger partial charge in [0.15, 0.2) is 0 Å². The quantitative estimate of drug-likeness (QED) is 0.803. The summed E-state index contributed by atoms with van der Waals surface area (Å²) in [4.78, 5) is 14.1. The number of hydrogen-bond donors (Lipinski definition) is 1. The number of nitrogens with zero attached hydrogens (tertiary/aromatic N) is 1. The largest absolute Gasteiger partial charge is 0.342 e. The molecule has 0 aliphatic rings. The second-order valence-corrected chi connectivity index (χ2v) is 4.49. The van der Waals surface area contributed by atoms with Crippen LogP contribution in [0.2, 0.25) is 0 Å². The van der Waals surface area contributed by atoms with Gasteiger partial charge in [0.25, 0.3) is 0 Å². The lowest BCUT2D eigenvalue weighted by Crippen LogP contribution is -2.40. The van der Waals surface area contributed by atoms with Gasteiger partial charge in [-0.1, -0.05) is 37.3 Å². The SMILES string of the molecule is CCC(CN)C(=O)N(CC)CCc1ccccc1. The summed E-state index contributed by atoms with van der Waals surface area (Å²) in [5.74, 6) is 0.166. The maximum absolute atomic E-state index is 12.2. The fourth-order valence-corrected chi connectivity index (χ4v) is 2.03. The maximum atomic E-state index is 12.2. The summed E-state index contributed by atoms with van der Waals surface area (Å²) in [6, 6.07) is 10.3. The second kappa shape index (κ2) is 7.88. The van der Waals surface area contributed by atoms with Gasteiger partial charge in [-0.2, -0.15) is 0 Å². The summed E-state index contributed by atoms with van der Waals surface area (Å²) in [5, 5.41) is 0. The van der Waals surface area contributed by atoms with Crippen LogP contribution >= 0.6 is 0 Å². The van der Waals surface area contributed by atoms with Crippen LogP contribution in [0.3, 0.4) is 0 Å². The third-order valence-corrected chi connectivity index (χ3v) is 3.33. The Morgan fingerprint density at radius 2 is 1.94 bits per heavy atom. The van der Waals surface area contributed by atoms with Crippen LogP contribution in [0.15, 0.2) is 30.3 Å². The lowest BCUT2D eigenvalue weighted by molar-refractivity contribution is -0.135. The molecule has 1 atom stereocenters. The Morgan fingerprint density at radius 1 is 1.28 bits per heavy atom. The van der Waals surface area contributed by atoms with Crippen molar-refractivity contribution in [3.8, 4) is 0 Å². The third kappa shape index (κ3) is 4.15. The third-order valence-electron chi connectivity index (χ3n) is 3.33. The molecule has 3 heteroatoms. The Labute approximate surface area is 110 Å². The van der Waals surface area contributed by atoms with Crippen molar-refractivity contribution in [3.05, 3.63) is 35.9 Å². The second-order valence-electron chi connectivity index (χ2n) is 4.49. The predicted molar refractivity (Wildman–Crippen MR) is 75.2 cm³/mol. The van der Waals surface area contributed by atoms with Crippen LogP contribution < -0.4 is 5.73 Å². The Balaban J connectivity index is 2.54. The molecule has 1 aromatic carbocycles. The Hall–Kier alpha value is -1.35. The Morgan fingerprint density at radius 3 is 2.44 bits per heavy atom. The van der Waals surface area contributed by atoms with Gasteiger partial charge in [-0.15, -0.1) is 0 Å². The highest BCUT2D eigenvalue weighted by atomic mass is 16.2. The molecule has 3 nitrogen and oxygen atoms in total. The van der Waals surface area contributed by atoms with E-state index in [4.69, 9.17) is 5.73 Å². The molecule has 0 aliphatic heterocycles. The van der Waals surface area contributed by atoms with E-state index in [-0.39, 0.29) is 11.8 Å². The van der Waals surface area contributed by atoms with Crippen LogP contribution in [0.25, 0.3) is 0 Å². The van der Waals surface area contributed by atoms with E-state index in [1.807, 2.05) is 36.9 Å². The minimum absolute atomic E-state index is 0.0271. The first kappa shape index (κ1) is 14.7. The molecule has 0 saturated carbocycles. The monoisotopic (exact) mass is 248 g/mol. The van der Waals surface area contributed by atoms with Gasteiger partial charge in [0.2, 0.25) is 5.91 Å². The van der Waals surface area contributed by atoms with Gasteiger partial charge in [0, 0.05) is 19.6 Å². The maximum Gasteiger partial charge on any atom is 0.226 e. The molecule has 0 heterocycles. The van der Waals surface area contributed by atoms with Crippen molar-refractivity contribution in [2.75, 3.05) is 19.6 Å². The molecule has 0 spiro atoms. The van der Waals surface area contributed by atoms with E-state index in [1.54, 1.807) is 0 Å². The summed E-state index contributed by atoms with van der Waals surface area (Å²) in [6.07, 6.45) is 1.72. The van der Waals surface area contributed by atoms with Gasteiger partial charge in [0.1, 0.15) is 0 Å². The van der Waals surface area contributed by atoms with Gasteiger partial charge < -0.3 is 10.6 Å². The molecule has 100 valence electrons. The number of carbonyl (C=O) groups excluding carboxylic acids is 1. The number of hydrogen-bond acceptors (Lipinski definition) is 2. The number of rotatable bonds is 7. The minimum atomic E-state index is -0.0271. The zero-order valence-corrected chi connectivity index (χ0v) is 11.4. The summed E-state index contributed by atoms with van der Waals surface area (Å²) in [5.41, 5.74) is 6.90. The number of likely N-dealkylation sites (N-methyl/N-ethyl adjacent to an activating group) is 1. The van der Waals surface area contributed by atoms with E-state index in [9.17, 15) is 4.79 Å². The summed E-state index contributed by atoms with van der Waals surface area (Å²) < 4.78 is 0. The van der Waals surface area contributed by atoms with Crippen molar-refractivity contribution in [2.24, 2.45) is 11.7 Å². The van der Waals surface area contributed by atoms with E-state index in [0.29, 0.717) is 6.54 Å². The van der Waals surface area contributed by atoms with Gasteiger partial charge in [-0.25, -0.2) is 0 Å². The molecule has 0 radical (unpaired) electrons. The fourth-order valence-electron chi connectivity index (χ4n) is 2.03. The number of carbonyl (C=O) groups is 1. The predicted octanol–water partition coefficient (Wildman–Crippen LogP) is 2.06. The zero-order valence-electron chi connectivity index (χ0n) is 11.4. The fraction of sp³-hybridized carbons (Fsp3) is 0.533. The molecule has 0 aliphatic carbocycles. The minimum Gasteiger partial charge on any atom is -0.342 e. The van der Waals surface area contributed by atoms with Crippen molar-refractivity contribution in [2.45, 2.75) is 26.7 Å². The summed E-state index contributed by atoms with van der Waals surface area (Å²) >= 11 is 0. The van der Waals surface area contributed by atoms with Crippen molar-refractivity contribution < 1.29 is 4.79 Å². The highest BCUT2D eigenvalue weighted by molar-refractivity contribution is 5.79. The van der Waals surface area contributed by atoms with Crippen LogP contribution in [0.4, 0.5) is 0 Å². The Bertz CT molecular complexity index is 347. The highest BCUT2D eigenvalue weighted by Gasteiger charge is 2.20. The molecule has 1 aromatic rings. The number of nitrogens with two attached hydrogens (primary N) is 1. The molecule has 0 fully saturated rings. The van der Waals surface area contributed by atoms with Crippen LogP contribution in [0, 0.1) is 5.92 Å². The molecule has 1 amide bonds. The standard InChI is InChI=1S/C15H24N2O/c1-3-14(12-16)15(18)17(4-2)11-10-13-8-6-5-7-9-13/h5-9,14H,3-4,10-12,16H2,1-2H3. The molecule has 2 N–H and O–H groups in total. The summed E-state index contributed by atoms with van der Waals surface area (Å²) in [7, 11) is 0. The van der Waals surface area contributed by atoms with Crippen molar-refractivity contribution in [3.63, 3.8) is 0 Å². The highest BCUT2D eigenvalue weighted by Crippen LogP contribution is 2.08. The molecule has 1 rings (SSSR count). The zero-order chi connectivity index (χ0) is 13.4. The first-order valence-corrected chi connectivity index (χ1v) is 6.75. The van der Waals surface area contributed by atoms with Crippen LogP contribution in [0.5, 0.6) is 0 Å². The van der Waals surface area contributed by atoms with Gasteiger partial charge in [-0.05, 0) is 25.3 Å². The van der Waals surface area contributed by atoms with E-state index in [2.05, 4.69) is 12.1 Å². The first-order chi connectivity index (χ1) is 8.72. The van der Waals surface area contributed by atoms with Crippen molar-refractivity contribution >= 4 is 5.91 Å². The first-order valence-electron chi connectivity index (χ1n) is 6.75. The van der Waals surface area contributed by atoms with Gasteiger partial charge in [0.05, 0.1) is 5.92 Å². The van der Waals surface area contributed by atoms with Crippen LogP contribution in [-0.2, 0) is 11.2 Å². The number of benzene rings is 1. The van der Waals surface area contributed by atoms with Gasteiger partial charge >= 0.3 is 0 Å². The lowest BCUT2D eigenvalue weighted by atomic mass is 10.0. The van der Waals surface area contributed by atoms with Crippen molar-refractivity contribution in [1.82, 2.24) is 4.90 Å². The molecule has 1 unspecified atom stereocenters. The van der Waals surface area contributed by atoms with E-state index in [1.165, 1.54) is 5.56 Å². The van der Waals surface area contributed by atoms with Crippen LogP contribution in [-0.4, -0.2) is 30.4 Å². The average molecular weight is 248 g/mol. The van der Waals surface area contributed by atoms with Gasteiger partial charge in [-0.3, -0.25) is 4.79 Å². The lowest BCUT2D eigenvalue weighted by Gasteiger charge is -2.25. The van der Waals surface area contributed by atoms with E-state index >= 15 is 0 Å². The molecule has 0 saturated heterocycles. The van der Waals surface area contributed by atoms with Crippen LogP contribution in [0.1, 0.15) is 25.8 Å². The Kier molecular flexibility index (Phi) is 6.44.